The number of hydrogen-bond donors (Lipinski definition) is 2. The van der Waals surface area contributed by atoms with Gasteiger partial charge in [0.05, 0.1) is 17.9 Å². The lowest BCUT2D eigenvalue weighted by molar-refractivity contribution is 0.375. The molecule has 0 spiro atoms. The summed E-state index contributed by atoms with van der Waals surface area (Å²) in [6.45, 7) is 4.16. The predicted octanol–water partition coefficient (Wildman–Crippen LogP) is 1.77. The molecule has 0 amide bonds. The summed E-state index contributed by atoms with van der Waals surface area (Å²) in [5, 5.41) is 0. The van der Waals surface area contributed by atoms with Crippen LogP contribution >= 0.6 is 0 Å². The van der Waals surface area contributed by atoms with Gasteiger partial charge in [-0.3, -0.25) is 16.3 Å². The molecule has 0 aliphatic heterocycles. The van der Waals surface area contributed by atoms with E-state index in [4.69, 9.17) is 5.84 Å². The first kappa shape index (κ1) is 11.1. The normalized spacial score (nSPS) is 15.1. The molecule has 2 unspecified atom stereocenters. The van der Waals surface area contributed by atoms with Crippen LogP contribution in [0.5, 0.6) is 0 Å². The van der Waals surface area contributed by atoms with Crippen LogP contribution in [-0.4, -0.2) is 4.98 Å². The Kier molecular flexibility index (Phi) is 3.98. The van der Waals surface area contributed by atoms with Crippen molar-refractivity contribution in [1.29, 1.82) is 0 Å². The van der Waals surface area contributed by atoms with Crippen molar-refractivity contribution in [3.05, 3.63) is 29.8 Å². The molecular weight excluding hydrogens is 181 g/mol. The molecule has 1 rings (SSSR count). The van der Waals surface area contributed by atoms with Crippen molar-refractivity contribution in [3.63, 3.8) is 0 Å². The molecule has 0 radical (unpaired) electrons. The Hall–Kier alpha value is -1.00. The van der Waals surface area contributed by atoms with E-state index < -0.39 is 0 Å². The SMILES string of the molecule is CCC(C)C(NN)c1ccc(F)cn1. The van der Waals surface area contributed by atoms with Crippen LogP contribution in [0, 0.1) is 11.7 Å². The maximum Gasteiger partial charge on any atom is 0.141 e. The average Bonchev–Trinajstić information content (AvgIpc) is 2.21. The number of aromatic nitrogens is 1. The lowest BCUT2D eigenvalue weighted by Gasteiger charge is -2.21. The summed E-state index contributed by atoms with van der Waals surface area (Å²) in [5.74, 6) is 5.48. The van der Waals surface area contributed by atoms with E-state index in [-0.39, 0.29) is 11.9 Å². The molecule has 0 aliphatic rings. The third kappa shape index (κ3) is 2.49. The molecule has 0 bridgehead atoms. The van der Waals surface area contributed by atoms with Crippen LogP contribution in [0.2, 0.25) is 0 Å². The minimum Gasteiger partial charge on any atom is -0.271 e. The highest BCUT2D eigenvalue weighted by Gasteiger charge is 2.17. The highest BCUT2D eigenvalue weighted by Crippen LogP contribution is 2.21. The second-order valence-electron chi connectivity index (χ2n) is 3.43. The van der Waals surface area contributed by atoms with Crippen molar-refractivity contribution < 1.29 is 4.39 Å². The second kappa shape index (κ2) is 5.02. The zero-order chi connectivity index (χ0) is 10.6. The van der Waals surface area contributed by atoms with Crippen molar-refractivity contribution in [1.82, 2.24) is 10.4 Å². The fourth-order valence-corrected chi connectivity index (χ4v) is 1.35. The molecule has 0 fully saturated rings. The molecule has 1 heterocycles. The van der Waals surface area contributed by atoms with Crippen LogP contribution in [-0.2, 0) is 0 Å². The van der Waals surface area contributed by atoms with Crippen molar-refractivity contribution >= 4 is 0 Å². The van der Waals surface area contributed by atoms with E-state index in [0.29, 0.717) is 5.92 Å². The molecule has 14 heavy (non-hydrogen) atoms. The Balaban J connectivity index is 2.84. The van der Waals surface area contributed by atoms with Gasteiger partial charge in [0.1, 0.15) is 5.82 Å². The van der Waals surface area contributed by atoms with E-state index in [1.807, 2.05) is 0 Å². The van der Waals surface area contributed by atoms with Crippen LogP contribution in [0.15, 0.2) is 18.3 Å². The Morgan fingerprint density at radius 3 is 2.71 bits per heavy atom. The maximum atomic E-state index is 12.6. The fraction of sp³-hybridized carbons (Fsp3) is 0.500. The van der Waals surface area contributed by atoms with Crippen molar-refractivity contribution in [3.8, 4) is 0 Å². The average molecular weight is 197 g/mol. The summed E-state index contributed by atoms with van der Waals surface area (Å²) in [7, 11) is 0. The molecule has 1 aromatic heterocycles. The maximum absolute atomic E-state index is 12.6. The van der Waals surface area contributed by atoms with E-state index in [2.05, 4.69) is 24.3 Å². The Labute approximate surface area is 83.5 Å². The molecule has 4 heteroatoms. The first-order valence-electron chi connectivity index (χ1n) is 4.76. The minimum atomic E-state index is -0.325. The van der Waals surface area contributed by atoms with Crippen molar-refractivity contribution in [2.24, 2.45) is 11.8 Å². The Morgan fingerprint density at radius 1 is 1.57 bits per heavy atom. The first-order valence-corrected chi connectivity index (χ1v) is 4.76. The van der Waals surface area contributed by atoms with Gasteiger partial charge in [0.15, 0.2) is 0 Å². The van der Waals surface area contributed by atoms with Crippen LogP contribution in [0.4, 0.5) is 4.39 Å². The summed E-state index contributed by atoms with van der Waals surface area (Å²) in [6.07, 6.45) is 2.20. The summed E-state index contributed by atoms with van der Waals surface area (Å²) < 4.78 is 12.6. The van der Waals surface area contributed by atoms with Gasteiger partial charge >= 0.3 is 0 Å². The van der Waals surface area contributed by atoms with Gasteiger partial charge in [0.25, 0.3) is 0 Å². The fourth-order valence-electron chi connectivity index (χ4n) is 1.35. The highest BCUT2D eigenvalue weighted by atomic mass is 19.1. The Bertz CT molecular complexity index is 273. The zero-order valence-corrected chi connectivity index (χ0v) is 8.50. The van der Waals surface area contributed by atoms with Crippen molar-refractivity contribution in [2.45, 2.75) is 26.3 Å². The summed E-state index contributed by atoms with van der Waals surface area (Å²) >= 11 is 0. The first-order chi connectivity index (χ1) is 6.69. The quantitative estimate of drug-likeness (QED) is 0.571. The van der Waals surface area contributed by atoms with Gasteiger partial charge in [-0.05, 0) is 18.1 Å². The van der Waals surface area contributed by atoms with Gasteiger partial charge in [-0.2, -0.15) is 0 Å². The van der Waals surface area contributed by atoms with Crippen LogP contribution in [0.3, 0.4) is 0 Å². The molecule has 0 aromatic carbocycles. The van der Waals surface area contributed by atoms with Crippen LogP contribution < -0.4 is 11.3 Å². The molecule has 0 saturated carbocycles. The van der Waals surface area contributed by atoms with E-state index in [9.17, 15) is 4.39 Å². The smallest absolute Gasteiger partial charge is 0.141 e. The van der Waals surface area contributed by atoms with Gasteiger partial charge < -0.3 is 0 Å². The summed E-state index contributed by atoms with van der Waals surface area (Å²) in [6, 6.07) is 3.04. The monoisotopic (exact) mass is 197 g/mol. The Morgan fingerprint density at radius 2 is 2.29 bits per heavy atom. The number of rotatable bonds is 4. The molecule has 2 atom stereocenters. The zero-order valence-electron chi connectivity index (χ0n) is 8.50. The van der Waals surface area contributed by atoms with Gasteiger partial charge in [0.2, 0.25) is 0 Å². The number of hydrogen-bond acceptors (Lipinski definition) is 3. The predicted molar refractivity (Wildman–Crippen MR) is 53.7 cm³/mol. The van der Waals surface area contributed by atoms with Gasteiger partial charge in [-0.15, -0.1) is 0 Å². The lowest BCUT2D eigenvalue weighted by atomic mass is 9.96. The molecular formula is C10H16FN3. The van der Waals surface area contributed by atoms with Crippen LogP contribution in [0.1, 0.15) is 32.0 Å². The van der Waals surface area contributed by atoms with Gasteiger partial charge in [-0.25, -0.2) is 4.39 Å². The molecule has 0 saturated heterocycles. The van der Waals surface area contributed by atoms with Gasteiger partial charge in [-0.1, -0.05) is 20.3 Å². The molecule has 78 valence electrons. The molecule has 3 nitrogen and oxygen atoms in total. The molecule has 3 N–H and O–H groups in total. The number of nitrogens with two attached hydrogens (primary N) is 1. The molecule has 1 aromatic rings. The van der Waals surface area contributed by atoms with E-state index in [1.54, 1.807) is 6.07 Å². The lowest BCUT2D eigenvalue weighted by Crippen LogP contribution is -2.33. The van der Waals surface area contributed by atoms with Crippen molar-refractivity contribution in [2.75, 3.05) is 0 Å². The number of halogens is 1. The third-order valence-corrected chi connectivity index (χ3v) is 2.46. The molecule has 0 aliphatic carbocycles. The topological polar surface area (TPSA) is 50.9 Å². The second-order valence-corrected chi connectivity index (χ2v) is 3.43. The minimum absolute atomic E-state index is 0.0133. The summed E-state index contributed by atoms with van der Waals surface area (Å²) in [4.78, 5) is 4.00. The highest BCUT2D eigenvalue weighted by molar-refractivity contribution is 5.10. The van der Waals surface area contributed by atoms with Gasteiger partial charge in [0, 0.05) is 0 Å². The van der Waals surface area contributed by atoms with E-state index in [0.717, 1.165) is 12.1 Å². The number of hydrazine groups is 1. The van der Waals surface area contributed by atoms with E-state index in [1.165, 1.54) is 12.3 Å². The number of nitrogens with one attached hydrogen (secondary N) is 1. The standard InChI is InChI=1S/C10H16FN3/c1-3-7(2)10(14-12)9-5-4-8(11)6-13-9/h4-7,10,14H,3,12H2,1-2H3. The number of nitrogens with zero attached hydrogens (tertiary/aromatic N) is 1. The largest absolute Gasteiger partial charge is 0.271 e. The third-order valence-electron chi connectivity index (χ3n) is 2.46. The summed E-state index contributed by atoms with van der Waals surface area (Å²) in [5.41, 5.74) is 3.48. The number of pyridine rings is 1. The van der Waals surface area contributed by atoms with E-state index >= 15 is 0 Å². The van der Waals surface area contributed by atoms with Crippen LogP contribution in [0.25, 0.3) is 0 Å².